The van der Waals surface area contributed by atoms with Crippen molar-refractivity contribution < 1.29 is 9.21 Å². The van der Waals surface area contributed by atoms with Gasteiger partial charge in [-0.3, -0.25) is 4.79 Å². The number of furan rings is 1. The Bertz CT molecular complexity index is 596. The number of hydrogen-bond acceptors (Lipinski definition) is 3. The SMILES string of the molecule is CC(NCc1coc2ccccc12)C(=O)NC(C)(C)C. The van der Waals surface area contributed by atoms with Crippen LogP contribution in [-0.4, -0.2) is 17.5 Å². The van der Waals surface area contributed by atoms with Crippen molar-refractivity contribution in [3.05, 3.63) is 36.1 Å². The molecule has 2 aromatic rings. The molecule has 1 heterocycles. The van der Waals surface area contributed by atoms with Crippen molar-refractivity contribution in [1.82, 2.24) is 10.6 Å². The fraction of sp³-hybridized carbons (Fsp3) is 0.438. The van der Waals surface area contributed by atoms with E-state index in [0.717, 1.165) is 16.5 Å². The van der Waals surface area contributed by atoms with Crippen molar-refractivity contribution in [3.63, 3.8) is 0 Å². The van der Waals surface area contributed by atoms with Gasteiger partial charge in [-0.2, -0.15) is 0 Å². The number of rotatable bonds is 4. The molecule has 2 N–H and O–H groups in total. The highest BCUT2D eigenvalue weighted by Gasteiger charge is 2.19. The Kier molecular flexibility index (Phi) is 4.14. The number of benzene rings is 1. The lowest BCUT2D eigenvalue weighted by atomic mass is 10.1. The second-order valence-electron chi connectivity index (χ2n) is 6.10. The fourth-order valence-corrected chi connectivity index (χ4v) is 2.00. The number of carbonyl (C=O) groups excluding carboxylic acids is 1. The molecule has 1 aromatic heterocycles. The van der Waals surface area contributed by atoms with E-state index in [-0.39, 0.29) is 17.5 Å². The van der Waals surface area contributed by atoms with Crippen LogP contribution in [0.5, 0.6) is 0 Å². The highest BCUT2D eigenvalue weighted by Crippen LogP contribution is 2.20. The summed E-state index contributed by atoms with van der Waals surface area (Å²) in [6, 6.07) is 7.65. The van der Waals surface area contributed by atoms with E-state index in [1.807, 2.05) is 52.0 Å². The second kappa shape index (κ2) is 5.67. The van der Waals surface area contributed by atoms with Crippen molar-refractivity contribution >= 4 is 16.9 Å². The lowest BCUT2D eigenvalue weighted by molar-refractivity contribution is -0.124. The standard InChI is InChI=1S/C16H22N2O2/c1-11(15(19)18-16(2,3)4)17-9-12-10-20-14-8-6-5-7-13(12)14/h5-8,10-11,17H,9H2,1-4H3,(H,18,19). The van der Waals surface area contributed by atoms with Crippen LogP contribution in [0, 0.1) is 0 Å². The minimum Gasteiger partial charge on any atom is -0.464 e. The third-order valence-corrected chi connectivity index (χ3v) is 3.05. The van der Waals surface area contributed by atoms with Gasteiger partial charge in [0, 0.05) is 23.0 Å². The Morgan fingerprint density at radius 2 is 2.00 bits per heavy atom. The van der Waals surface area contributed by atoms with E-state index in [9.17, 15) is 4.79 Å². The predicted octanol–water partition coefficient (Wildman–Crippen LogP) is 2.83. The van der Waals surface area contributed by atoms with Crippen LogP contribution in [-0.2, 0) is 11.3 Å². The van der Waals surface area contributed by atoms with Gasteiger partial charge >= 0.3 is 0 Å². The zero-order valence-electron chi connectivity index (χ0n) is 12.5. The Morgan fingerprint density at radius 3 is 2.70 bits per heavy atom. The van der Waals surface area contributed by atoms with Gasteiger partial charge in [-0.05, 0) is 33.8 Å². The van der Waals surface area contributed by atoms with Crippen LogP contribution in [0.4, 0.5) is 0 Å². The Labute approximate surface area is 119 Å². The highest BCUT2D eigenvalue weighted by atomic mass is 16.3. The molecule has 1 amide bonds. The first-order chi connectivity index (χ1) is 9.37. The quantitative estimate of drug-likeness (QED) is 0.901. The number of carbonyl (C=O) groups is 1. The molecule has 0 aliphatic carbocycles. The molecule has 108 valence electrons. The van der Waals surface area contributed by atoms with Crippen molar-refractivity contribution in [2.45, 2.75) is 45.8 Å². The molecule has 2 rings (SSSR count). The minimum absolute atomic E-state index is 0.00491. The summed E-state index contributed by atoms with van der Waals surface area (Å²) in [5.74, 6) is 0.00491. The number of hydrogen-bond donors (Lipinski definition) is 2. The third kappa shape index (κ3) is 3.61. The van der Waals surface area contributed by atoms with Gasteiger partial charge < -0.3 is 15.1 Å². The molecular formula is C16H22N2O2. The van der Waals surface area contributed by atoms with Gasteiger partial charge in [0.25, 0.3) is 0 Å². The lowest BCUT2D eigenvalue weighted by Crippen LogP contribution is -2.49. The summed E-state index contributed by atoms with van der Waals surface area (Å²) in [4.78, 5) is 12.0. The molecule has 0 bridgehead atoms. The number of fused-ring (bicyclic) bond motifs is 1. The first-order valence-electron chi connectivity index (χ1n) is 6.87. The topological polar surface area (TPSA) is 54.3 Å². The molecule has 20 heavy (non-hydrogen) atoms. The van der Waals surface area contributed by atoms with Gasteiger partial charge in [0.1, 0.15) is 5.58 Å². The molecule has 4 heteroatoms. The summed E-state index contributed by atoms with van der Waals surface area (Å²) in [5, 5.41) is 7.28. The summed E-state index contributed by atoms with van der Waals surface area (Å²) in [6.07, 6.45) is 1.74. The third-order valence-electron chi connectivity index (χ3n) is 3.05. The van der Waals surface area contributed by atoms with Crippen LogP contribution in [0.2, 0.25) is 0 Å². The van der Waals surface area contributed by atoms with Crippen LogP contribution in [0.25, 0.3) is 11.0 Å². The first kappa shape index (κ1) is 14.6. The molecule has 0 spiro atoms. The van der Waals surface area contributed by atoms with E-state index >= 15 is 0 Å². The average Bonchev–Trinajstić information content (AvgIpc) is 2.77. The van der Waals surface area contributed by atoms with E-state index < -0.39 is 0 Å². The monoisotopic (exact) mass is 274 g/mol. The number of para-hydroxylation sites is 1. The fourth-order valence-electron chi connectivity index (χ4n) is 2.00. The van der Waals surface area contributed by atoms with Gasteiger partial charge in [0.2, 0.25) is 5.91 Å². The molecule has 4 nitrogen and oxygen atoms in total. The molecule has 0 fully saturated rings. The van der Waals surface area contributed by atoms with E-state index in [4.69, 9.17) is 4.42 Å². The molecule has 0 saturated heterocycles. The zero-order valence-corrected chi connectivity index (χ0v) is 12.5. The molecule has 0 aliphatic rings. The van der Waals surface area contributed by atoms with Crippen LogP contribution in [0.3, 0.4) is 0 Å². The summed E-state index contributed by atoms with van der Waals surface area (Å²) >= 11 is 0. The van der Waals surface area contributed by atoms with Gasteiger partial charge in [0.05, 0.1) is 12.3 Å². The van der Waals surface area contributed by atoms with Gasteiger partial charge in [-0.25, -0.2) is 0 Å². The molecule has 0 radical (unpaired) electrons. The van der Waals surface area contributed by atoms with E-state index in [1.54, 1.807) is 6.26 Å². The van der Waals surface area contributed by atoms with Gasteiger partial charge in [-0.1, -0.05) is 18.2 Å². The Balaban J connectivity index is 1.96. The molecule has 1 atom stereocenters. The largest absolute Gasteiger partial charge is 0.464 e. The maximum atomic E-state index is 12.0. The van der Waals surface area contributed by atoms with Crippen LogP contribution in [0.1, 0.15) is 33.3 Å². The van der Waals surface area contributed by atoms with E-state index in [2.05, 4.69) is 10.6 Å². The van der Waals surface area contributed by atoms with Crippen molar-refractivity contribution in [3.8, 4) is 0 Å². The molecule has 1 aromatic carbocycles. The lowest BCUT2D eigenvalue weighted by Gasteiger charge is -2.23. The smallest absolute Gasteiger partial charge is 0.237 e. The normalized spacial score (nSPS) is 13.4. The Morgan fingerprint density at radius 1 is 1.30 bits per heavy atom. The average molecular weight is 274 g/mol. The van der Waals surface area contributed by atoms with Crippen molar-refractivity contribution in [2.75, 3.05) is 0 Å². The highest BCUT2D eigenvalue weighted by molar-refractivity contribution is 5.82. The zero-order chi connectivity index (χ0) is 14.8. The van der Waals surface area contributed by atoms with E-state index in [1.165, 1.54) is 0 Å². The maximum Gasteiger partial charge on any atom is 0.237 e. The summed E-state index contributed by atoms with van der Waals surface area (Å²) in [7, 11) is 0. The molecular weight excluding hydrogens is 252 g/mol. The van der Waals surface area contributed by atoms with Crippen LogP contribution < -0.4 is 10.6 Å². The number of amides is 1. The summed E-state index contributed by atoms with van der Waals surface area (Å²) < 4.78 is 5.48. The number of nitrogens with one attached hydrogen (secondary N) is 2. The van der Waals surface area contributed by atoms with Crippen molar-refractivity contribution in [2.24, 2.45) is 0 Å². The summed E-state index contributed by atoms with van der Waals surface area (Å²) in [5.41, 5.74) is 1.72. The summed E-state index contributed by atoms with van der Waals surface area (Å²) in [6.45, 7) is 8.39. The van der Waals surface area contributed by atoms with Crippen molar-refractivity contribution in [1.29, 1.82) is 0 Å². The molecule has 0 saturated carbocycles. The Hall–Kier alpha value is -1.81. The van der Waals surface area contributed by atoms with Crippen LogP contribution >= 0.6 is 0 Å². The predicted molar refractivity (Wildman–Crippen MR) is 80.4 cm³/mol. The first-order valence-corrected chi connectivity index (χ1v) is 6.87. The molecule has 1 unspecified atom stereocenters. The van der Waals surface area contributed by atoms with E-state index in [0.29, 0.717) is 6.54 Å². The molecule has 0 aliphatic heterocycles. The maximum absolute atomic E-state index is 12.0. The minimum atomic E-state index is -0.247. The van der Waals surface area contributed by atoms with Gasteiger partial charge in [0.15, 0.2) is 0 Å². The van der Waals surface area contributed by atoms with Gasteiger partial charge in [-0.15, -0.1) is 0 Å². The second-order valence-corrected chi connectivity index (χ2v) is 6.10. The van der Waals surface area contributed by atoms with Crippen LogP contribution in [0.15, 0.2) is 34.9 Å².